The van der Waals surface area contributed by atoms with Gasteiger partial charge in [-0.05, 0) is 41.1 Å². The van der Waals surface area contributed by atoms with Gasteiger partial charge in [-0.15, -0.1) is 0 Å². The van der Waals surface area contributed by atoms with Gasteiger partial charge >= 0.3 is 6.03 Å². The molecular weight excluding hydrogens is 303 g/mol. The molecule has 2 N–H and O–H groups in total. The van der Waals surface area contributed by atoms with Crippen LogP contribution in [0.15, 0.2) is 24.3 Å². The monoisotopic (exact) mass is 318 g/mol. The number of amides is 2. The second kappa shape index (κ2) is 6.66. The molecule has 15 heavy (non-hydrogen) atoms. The third kappa shape index (κ3) is 4.51. The topological polar surface area (TPSA) is 41.1 Å². The Morgan fingerprint density at radius 2 is 2.13 bits per heavy atom. The number of hydrogen-bond acceptors (Lipinski definition) is 1. The largest absolute Gasteiger partial charge is 0.338 e. The molecule has 0 saturated carbocycles. The van der Waals surface area contributed by atoms with Gasteiger partial charge in [-0.2, -0.15) is 0 Å². The minimum atomic E-state index is -0.132. The highest BCUT2D eigenvalue weighted by atomic mass is 127. The smallest absolute Gasteiger partial charge is 0.319 e. The fourth-order valence-electron chi connectivity index (χ4n) is 1.11. The maximum atomic E-state index is 11.4. The van der Waals surface area contributed by atoms with Crippen molar-refractivity contribution in [1.29, 1.82) is 0 Å². The summed E-state index contributed by atoms with van der Waals surface area (Å²) in [4.78, 5) is 11.4. The zero-order valence-corrected chi connectivity index (χ0v) is 10.9. The van der Waals surface area contributed by atoms with Crippen molar-refractivity contribution in [2.24, 2.45) is 0 Å². The molecule has 0 saturated heterocycles. The van der Waals surface area contributed by atoms with Crippen molar-refractivity contribution in [3.63, 3.8) is 0 Å². The van der Waals surface area contributed by atoms with Gasteiger partial charge in [-0.1, -0.05) is 25.5 Å². The molecule has 0 unspecified atom stereocenters. The van der Waals surface area contributed by atoms with Crippen LogP contribution in [-0.4, -0.2) is 12.6 Å². The first kappa shape index (κ1) is 12.3. The van der Waals surface area contributed by atoms with Crippen LogP contribution in [0.1, 0.15) is 19.8 Å². The number of anilines is 1. The molecule has 4 heteroatoms. The van der Waals surface area contributed by atoms with Crippen LogP contribution in [0.4, 0.5) is 10.5 Å². The Labute approximate surface area is 104 Å². The highest BCUT2D eigenvalue weighted by Crippen LogP contribution is 2.16. The van der Waals surface area contributed by atoms with Crippen molar-refractivity contribution in [1.82, 2.24) is 5.32 Å². The molecule has 0 heterocycles. The summed E-state index contributed by atoms with van der Waals surface area (Å²) in [5.74, 6) is 0. The third-order valence-corrected chi connectivity index (χ3v) is 2.88. The maximum Gasteiger partial charge on any atom is 0.319 e. The zero-order valence-electron chi connectivity index (χ0n) is 8.72. The van der Waals surface area contributed by atoms with Gasteiger partial charge < -0.3 is 10.6 Å². The number of benzene rings is 1. The van der Waals surface area contributed by atoms with Crippen LogP contribution in [0.5, 0.6) is 0 Å². The van der Waals surface area contributed by atoms with Gasteiger partial charge in [0.25, 0.3) is 0 Å². The lowest BCUT2D eigenvalue weighted by Crippen LogP contribution is -2.29. The number of halogens is 1. The van der Waals surface area contributed by atoms with E-state index in [1.165, 1.54) is 0 Å². The molecule has 2 amide bonds. The van der Waals surface area contributed by atoms with Crippen LogP contribution in [0.25, 0.3) is 0 Å². The molecule has 0 spiro atoms. The molecule has 0 radical (unpaired) electrons. The van der Waals surface area contributed by atoms with E-state index in [2.05, 4.69) is 40.1 Å². The lowest BCUT2D eigenvalue weighted by atomic mass is 10.3. The SMILES string of the molecule is CCCCNC(=O)Nc1ccccc1I. The van der Waals surface area contributed by atoms with Crippen LogP contribution >= 0.6 is 22.6 Å². The highest BCUT2D eigenvalue weighted by molar-refractivity contribution is 14.1. The first-order chi connectivity index (χ1) is 7.24. The predicted molar refractivity (Wildman–Crippen MR) is 71.1 cm³/mol. The van der Waals surface area contributed by atoms with Gasteiger partial charge in [-0.25, -0.2) is 4.79 Å². The van der Waals surface area contributed by atoms with Crippen LogP contribution in [0, 0.1) is 3.57 Å². The number of unbranched alkanes of at least 4 members (excludes halogenated alkanes) is 1. The quantitative estimate of drug-likeness (QED) is 0.649. The van der Waals surface area contributed by atoms with E-state index in [-0.39, 0.29) is 6.03 Å². The summed E-state index contributed by atoms with van der Waals surface area (Å²) in [6.45, 7) is 2.82. The maximum absolute atomic E-state index is 11.4. The zero-order chi connectivity index (χ0) is 11.1. The van der Waals surface area contributed by atoms with Gasteiger partial charge in [0.05, 0.1) is 5.69 Å². The van der Waals surface area contributed by atoms with Crippen molar-refractivity contribution in [3.8, 4) is 0 Å². The second-order valence-electron chi connectivity index (χ2n) is 3.21. The molecule has 0 bridgehead atoms. The lowest BCUT2D eigenvalue weighted by Gasteiger charge is -2.08. The predicted octanol–water partition coefficient (Wildman–Crippen LogP) is 3.21. The highest BCUT2D eigenvalue weighted by Gasteiger charge is 2.02. The average molecular weight is 318 g/mol. The van der Waals surface area contributed by atoms with E-state index in [1.54, 1.807) is 0 Å². The minimum absolute atomic E-state index is 0.132. The van der Waals surface area contributed by atoms with Gasteiger partial charge in [0.1, 0.15) is 0 Å². The van der Waals surface area contributed by atoms with Crippen LogP contribution in [0.2, 0.25) is 0 Å². The fraction of sp³-hybridized carbons (Fsp3) is 0.364. The Hall–Kier alpha value is -0.780. The summed E-state index contributed by atoms with van der Waals surface area (Å²) >= 11 is 2.20. The van der Waals surface area contributed by atoms with Crippen molar-refractivity contribution in [2.75, 3.05) is 11.9 Å². The van der Waals surface area contributed by atoms with Crippen molar-refractivity contribution in [2.45, 2.75) is 19.8 Å². The van der Waals surface area contributed by atoms with E-state index >= 15 is 0 Å². The first-order valence-corrected chi connectivity index (χ1v) is 6.11. The van der Waals surface area contributed by atoms with E-state index in [1.807, 2.05) is 24.3 Å². The van der Waals surface area contributed by atoms with Gasteiger partial charge in [-0.3, -0.25) is 0 Å². The molecule has 0 aromatic heterocycles. The minimum Gasteiger partial charge on any atom is -0.338 e. The van der Waals surface area contributed by atoms with Crippen molar-refractivity contribution >= 4 is 34.3 Å². The van der Waals surface area contributed by atoms with E-state index in [0.717, 1.165) is 28.6 Å². The van der Waals surface area contributed by atoms with E-state index in [9.17, 15) is 4.79 Å². The van der Waals surface area contributed by atoms with E-state index in [0.29, 0.717) is 0 Å². The summed E-state index contributed by atoms with van der Waals surface area (Å²) < 4.78 is 1.04. The molecule has 1 aromatic rings. The summed E-state index contributed by atoms with van der Waals surface area (Å²) in [7, 11) is 0. The summed E-state index contributed by atoms with van der Waals surface area (Å²) in [6, 6.07) is 7.57. The average Bonchev–Trinajstić information content (AvgIpc) is 2.22. The molecule has 0 aliphatic carbocycles. The van der Waals surface area contributed by atoms with E-state index in [4.69, 9.17) is 0 Å². The molecule has 1 rings (SSSR count). The molecule has 0 atom stereocenters. The normalized spacial score (nSPS) is 9.73. The molecule has 1 aromatic carbocycles. The molecule has 0 fully saturated rings. The van der Waals surface area contributed by atoms with Crippen LogP contribution < -0.4 is 10.6 Å². The number of nitrogens with one attached hydrogen (secondary N) is 2. The summed E-state index contributed by atoms with van der Waals surface area (Å²) in [5.41, 5.74) is 0.854. The Balaban J connectivity index is 2.41. The molecule has 82 valence electrons. The Kier molecular flexibility index (Phi) is 5.45. The first-order valence-electron chi connectivity index (χ1n) is 5.03. The number of urea groups is 1. The van der Waals surface area contributed by atoms with Crippen molar-refractivity contribution in [3.05, 3.63) is 27.8 Å². The number of para-hydroxylation sites is 1. The lowest BCUT2D eigenvalue weighted by molar-refractivity contribution is 0.252. The molecular formula is C11H15IN2O. The Morgan fingerprint density at radius 1 is 1.40 bits per heavy atom. The standard InChI is InChI=1S/C11H15IN2O/c1-2-3-8-13-11(15)14-10-7-5-4-6-9(10)12/h4-7H,2-3,8H2,1H3,(H2,13,14,15). The number of rotatable bonds is 4. The summed E-state index contributed by atoms with van der Waals surface area (Å²) in [6.07, 6.45) is 2.10. The fourth-order valence-corrected chi connectivity index (χ4v) is 1.63. The van der Waals surface area contributed by atoms with Gasteiger partial charge in [0.2, 0.25) is 0 Å². The van der Waals surface area contributed by atoms with Gasteiger partial charge in [0.15, 0.2) is 0 Å². The second-order valence-corrected chi connectivity index (χ2v) is 4.38. The van der Waals surface area contributed by atoms with Gasteiger partial charge in [0, 0.05) is 10.1 Å². The Morgan fingerprint density at radius 3 is 2.80 bits per heavy atom. The van der Waals surface area contributed by atoms with E-state index < -0.39 is 0 Å². The molecule has 0 aliphatic rings. The number of hydrogen-bond donors (Lipinski definition) is 2. The Bertz CT molecular complexity index is 328. The molecule has 0 aliphatic heterocycles. The van der Waals surface area contributed by atoms with Crippen molar-refractivity contribution < 1.29 is 4.79 Å². The molecule has 3 nitrogen and oxygen atoms in total. The van der Waals surface area contributed by atoms with Crippen LogP contribution in [-0.2, 0) is 0 Å². The number of carbonyl (C=O) groups excluding carboxylic acids is 1. The third-order valence-electron chi connectivity index (χ3n) is 1.94. The van der Waals surface area contributed by atoms with Crippen LogP contribution in [0.3, 0.4) is 0 Å². The summed E-state index contributed by atoms with van der Waals surface area (Å²) in [5, 5.41) is 5.62. The number of carbonyl (C=O) groups is 1.